The van der Waals surface area contributed by atoms with Crippen LogP contribution in [-0.2, 0) is 11.3 Å². The second-order valence-electron chi connectivity index (χ2n) is 9.64. The zero-order valence-corrected chi connectivity index (χ0v) is 22.0. The molecule has 1 aromatic heterocycles. The van der Waals surface area contributed by atoms with Crippen molar-refractivity contribution in [2.75, 3.05) is 45.8 Å². The van der Waals surface area contributed by atoms with Crippen LogP contribution in [0.5, 0.6) is 0 Å². The van der Waals surface area contributed by atoms with Crippen LogP contribution in [0.25, 0.3) is 0 Å². The fraction of sp³-hybridized carbons (Fsp3) is 0.727. The number of thiophene rings is 1. The Balaban J connectivity index is 0.00000272. The Bertz CT molecular complexity index is 752. The molecule has 1 amide bonds. The van der Waals surface area contributed by atoms with Crippen LogP contribution in [0.3, 0.4) is 0 Å². The molecular formula is C22H36IN5O2S. The molecule has 0 saturated carbocycles. The molecule has 0 aliphatic carbocycles. The van der Waals surface area contributed by atoms with Crippen molar-refractivity contribution in [2.24, 2.45) is 10.9 Å². The molecule has 9 heteroatoms. The number of carbonyl (C=O) groups is 1. The topological polar surface area (TPSA) is 60.4 Å². The molecule has 3 aliphatic heterocycles. The highest BCUT2D eigenvalue weighted by molar-refractivity contribution is 14.0. The lowest BCUT2D eigenvalue weighted by Crippen LogP contribution is -2.58. The van der Waals surface area contributed by atoms with Crippen LogP contribution in [0.4, 0.5) is 4.79 Å². The van der Waals surface area contributed by atoms with E-state index in [1.54, 1.807) is 0 Å². The first-order chi connectivity index (χ1) is 14.4. The molecule has 3 aliphatic rings. The fourth-order valence-corrected chi connectivity index (χ4v) is 5.29. The molecule has 4 rings (SSSR count). The average molecular weight is 562 g/mol. The van der Waals surface area contributed by atoms with Gasteiger partial charge in [-0.1, -0.05) is 6.07 Å². The summed E-state index contributed by atoms with van der Waals surface area (Å²) in [5.41, 5.74) is -0.454. The molecule has 2 fully saturated rings. The monoisotopic (exact) mass is 561 g/mol. The summed E-state index contributed by atoms with van der Waals surface area (Å²) in [7, 11) is 0. The maximum absolute atomic E-state index is 12.4. The second-order valence-corrected chi connectivity index (χ2v) is 10.7. The third kappa shape index (κ3) is 6.71. The van der Waals surface area contributed by atoms with E-state index in [9.17, 15) is 4.79 Å². The van der Waals surface area contributed by atoms with Crippen molar-refractivity contribution in [1.82, 2.24) is 20.0 Å². The number of amides is 1. The number of hydrogen-bond donors (Lipinski definition) is 1. The molecule has 4 heterocycles. The minimum Gasteiger partial charge on any atom is -0.444 e. The number of piperazine rings is 1. The van der Waals surface area contributed by atoms with Gasteiger partial charge in [-0.15, -0.1) is 35.3 Å². The highest BCUT2D eigenvalue weighted by atomic mass is 127. The van der Waals surface area contributed by atoms with Crippen molar-refractivity contribution in [3.8, 4) is 0 Å². The molecule has 31 heavy (non-hydrogen) atoms. The van der Waals surface area contributed by atoms with E-state index in [0.29, 0.717) is 19.0 Å². The maximum Gasteiger partial charge on any atom is 0.410 e. The van der Waals surface area contributed by atoms with E-state index in [4.69, 9.17) is 9.73 Å². The number of guanidine groups is 1. The summed E-state index contributed by atoms with van der Waals surface area (Å²) in [6.07, 6.45) is 2.33. The van der Waals surface area contributed by atoms with Crippen LogP contribution >= 0.6 is 35.3 Å². The number of nitrogens with one attached hydrogen (secondary N) is 1. The Morgan fingerprint density at radius 3 is 2.87 bits per heavy atom. The Hall–Kier alpha value is -1.07. The van der Waals surface area contributed by atoms with Gasteiger partial charge in [0.1, 0.15) is 5.60 Å². The molecule has 2 unspecified atom stereocenters. The van der Waals surface area contributed by atoms with Gasteiger partial charge in [-0.2, -0.15) is 0 Å². The number of hydrogen-bond acceptors (Lipinski definition) is 7. The molecule has 0 spiro atoms. The third-order valence-electron chi connectivity index (χ3n) is 5.97. The van der Waals surface area contributed by atoms with Crippen molar-refractivity contribution in [1.29, 1.82) is 0 Å². The first-order valence-electron chi connectivity index (χ1n) is 11.1. The molecule has 1 N–H and O–H groups in total. The van der Waals surface area contributed by atoms with Crippen LogP contribution in [0.2, 0.25) is 0 Å². The lowest BCUT2D eigenvalue weighted by atomic mass is 9.98. The SMILES string of the molecule is CC(C)(C)OC(=O)N1CCN2C(NCC3CCCN(Cc4cccs4)C3)=NCC2C1.I. The number of piperidine rings is 1. The van der Waals surface area contributed by atoms with Gasteiger partial charge in [-0.25, -0.2) is 4.79 Å². The number of ether oxygens (including phenoxy) is 1. The van der Waals surface area contributed by atoms with E-state index in [0.717, 1.165) is 38.7 Å². The normalized spacial score (nSPS) is 24.3. The van der Waals surface area contributed by atoms with Crippen molar-refractivity contribution < 1.29 is 9.53 Å². The van der Waals surface area contributed by atoms with Gasteiger partial charge in [0.2, 0.25) is 0 Å². The van der Waals surface area contributed by atoms with Gasteiger partial charge in [0, 0.05) is 44.1 Å². The summed E-state index contributed by atoms with van der Waals surface area (Å²) in [5, 5.41) is 5.79. The number of likely N-dealkylation sites (tertiary alicyclic amines) is 1. The molecule has 7 nitrogen and oxygen atoms in total. The number of aliphatic imine (C=N–C) groups is 1. The van der Waals surface area contributed by atoms with Gasteiger partial charge in [0.25, 0.3) is 0 Å². The molecule has 0 radical (unpaired) electrons. The third-order valence-corrected chi connectivity index (χ3v) is 6.83. The molecular weight excluding hydrogens is 525 g/mol. The number of fused-ring (bicyclic) bond motifs is 1. The summed E-state index contributed by atoms with van der Waals surface area (Å²) in [4.78, 5) is 25.3. The van der Waals surface area contributed by atoms with Crippen molar-refractivity contribution in [2.45, 2.75) is 51.8 Å². The predicted molar refractivity (Wildman–Crippen MR) is 136 cm³/mol. The van der Waals surface area contributed by atoms with Crippen LogP contribution in [-0.4, -0.2) is 84.2 Å². The lowest BCUT2D eigenvalue weighted by Gasteiger charge is -2.39. The Kier molecular flexibility index (Phi) is 8.48. The Labute approximate surface area is 207 Å². The predicted octanol–water partition coefficient (Wildman–Crippen LogP) is 3.46. The maximum atomic E-state index is 12.4. The summed E-state index contributed by atoms with van der Waals surface area (Å²) in [5.74, 6) is 1.67. The van der Waals surface area contributed by atoms with E-state index >= 15 is 0 Å². The van der Waals surface area contributed by atoms with Gasteiger partial charge < -0.3 is 19.9 Å². The molecule has 0 aromatic carbocycles. The summed E-state index contributed by atoms with van der Waals surface area (Å²) in [6.45, 7) is 13.0. The largest absolute Gasteiger partial charge is 0.444 e. The number of carbonyl (C=O) groups excluding carboxylic acids is 1. The van der Waals surface area contributed by atoms with E-state index in [-0.39, 0.29) is 36.1 Å². The lowest BCUT2D eigenvalue weighted by molar-refractivity contribution is 0.0137. The number of rotatable bonds is 4. The first kappa shape index (κ1) is 24.6. The zero-order chi connectivity index (χ0) is 21.1. The Morgan fingerprint density at radius 2 is 2.13 bits per heavy atom. The molecule has 0 bridgehead atoms. The highest BCUT2D eigenvalue weighted by Gasteiger charge is 2.36. The quantitative estimate of drug-likeness (QED) is 0.571. The fourth-order valence-electron chi connectivity index (χ4n) is 4.54. The van der Waals surface area contributed by atoms with Crippen molar-refractivity contribution in [3.63, 3.8) is 0 Å². The van der Waals surface area contributed by atoms with Gasteiger partial charge in [-0.3, -0.25) is 9.89 Å². The van der Waals surface area contributed by atoms with Crippen LogP contribution in [0.1, 0.15) is 38.5 Å². The first-order valence-corrected chi connectivity index (χ1v) is 12.0. The average Bonchev–Trinajstić information content (AvgIpc) is 3.34. The van der Waals surface area contributed by atoms with Crippen molar-refractivity contribution in [3.05, 3.63) is 22.4 Å². The molecule has 174 valence electrons. The minimum atomic E-state index is -0.454. The second kappa shape index (κ2) is 10.7. The van der Waals surface area contributed by atoms with Gasteiger partial charge in [0.05, 0.1) is 12.6 Å². The highest BCUT2D eigenvalue weighted by Crippen LogP contribution is 2.22. The summed E-state index contributed by atoms with van der Waals surface area (Å²) >= 11 is 1.85. The van der Waals surface area contributed by atoms with E-state index in [2.05, 4.69) is 32.6 Å². The Morgan fingerprint density at radius 1 is 1.29 bits per heavy atom. The number of nitrogens with zero attached hydrogens (tertiary/aromatic N) is 4. The molecule has 1 aromatic rings. The zero-order valence-electron chi connectivity index (χ0n) is 18.9. The van der Waals surface area contributed by atoms with Crippen LogP contribution in [0, 0.1) is 5.92 Å². The van der Waals surface area contributed by atoms with E-state index in [1.165, 1.54) is 24.3 Å². The molecule has 2 saturated heterocycles. The van der Waals surface area contributed by atoms with Gasteiger partial charge in [-0.05, 0) is 57.5 Å². The van der Waals surface area contributed by atoms with Crippen LogP contribution in [0.15, 0.2) is 22.5 Å². The van der Waals surface area contributed by atoms with Crippen molar-refractivity contribution >= 4 is 47.4 Å². The van der Waals surface area contributed by atoms with Gasteiger partial charge in [0.15, 0.2) is 5.96 Å². The molecule has 2 atom stereocenters. The number of halogens is 1. The summed E-state index contributed by atoms with van der Waals surface area (Å²) in [6, 6.07) is 4.63. The minimum absolute atomic E-state index is 0. The van der Waals surface area contributed by atoms with E-state index < -0.39 is 5.60 Å². The smallest absolute Gasteiger partial charge is 0.410 e. The van der Waals surface area contributed by atoms with E-state index in [1.807, 2.05) is 37.0 Å². The van der Waals surface area contributed by atoms with Crippen LogP contribution < -0.4 is 5.32 Å². The summed E-state index contributed by atoms with van der Waals surface area (Å²) < 4.78 is 5.54. The van der Waals surface area contributed by atoms with Gasteiger partial charge >= 0.3 is 6.09 Å². The standard InChI is InChI=1S/C22H35N5O2S.HI/c1-22(2,3)29-21(28)26-9-10-27-18(15-26)13-24-20(27)23-12-17-6-4-8-25(14-17)16-19-7-5-11-30-19;/h5,7,11,17-18H,4,6,8-10,12-16H2,1-3H3,(H,23,24);1H.